The summed E-state index contributed by atoms with van der Waals surface area (Å²) in [6.45, 7) is 2.37. The maximum absolute atomic E-state index is 12.5. The predicted octanol–water partition coefficient (Wildman–Crippen LogP) is 3.14. The number of azo groups is 1. The van der Waals surface area contributed by atoms with Gasteiger partial charge in [0.2, 0.25) is 0 Å². The Hall–Kier alpha value is -3.25. The Morgan fingerprint density at radius 3 is 2.30 bits per heavy atom. The van der Waals surface area contributed by atoms with Gasteiger partial charge in [-0.05, 0) is 42.4 Å². The highest BCUT2D eigenvalue weighted by atomic mass is 32.3. The smallest absolute Gasteiger partial charge is 0.397 e. The molecule has 0 bridgehead atoms. The molecule has 0 atom stereocenters. The number of hydrogen-bond donors (Lipinski definition) is 5. The average Bonchev–Trinajstić information content (AvgIpc) is 2.85. The number of fused-ring (bicyclic) bond motifs is 1. The number of nitrogens with zero attached hydrogens (tertiary/aromatic N) is 3. The zero-order chi connectivity index (χ0) is 29.9. The van der Waals surface area contributed by atoms with Crippen molar-refractivity contribution in [2.24, 2.45) is 15.2 Å². The summed E-state index contributed by atoms with van der Waals surface area (Å²) in [5, 5.41) is 30.7. The molecule has 3 rings (SSSR count). The summed E-state index contributed by atoms with van der Waals surface area (Å²) in [6.07, 6.45) is 0. The summed E-state index contributed by atoms with van der Waals surface area (Å²) < 4.78 is 96.5. The lowest BCUT2D eigenvalue weighted by atomic mass is 10.0. The van der Waals surface area contributed by atoms with E-state index in [2.05, 4.69) is 35.5 Å². The first-order chi connectivity index (χ1) is 18.6. The van der Waals surface area contributed by atoms with E-state index in [4.69, 9.17) is 15.5 Å². The van der Waals surface area contributed by atoms with E-state index in [-0.39, 0.29) is 31.9 Å². The number of rotatable bonds is 12. The molecule has 0 aliphatic heterocycles. The van der Waals surface area contributed by atoms with Crippen molar-refractivity contribution in [3.05, 3.63) is 36.4 Å². The molecule has 0 amide bonds. The molecule has 0 aromatic heterocycles. The minimum absolute atomic E-state index is 0.0433. The molecule has 21 heteroatoms. The SMILES string of the molecule is C=Nc1c(S(=O)(=O)O)cc2cc(SOOO)c(N=Nc3cccc(S(=O)(=O)CCOS(=O)(=O)O)c3)c(O)c2c1N. The Labute approximate surface area is 230 Å². The van der Waals surface area contributed by atoms with Gasteiger partial charge >= 0.3 is 10.4 Å². The Morgan fingerprint density at radius 1 is 1.00 bits per heavy atom. The van der Waals surface area contributed by atoms with Gasteiger partial charge in [-0.25, -0.2) is 17.9 Å². The van der Waals surface area contributed by atoms with Crippen molar-refractivity contribution < 1.29 is 58.3 Å². The van der Waals surface area contributed by atoms with Crippen LogP contribution >= 0.6 is 12.0 Å². The van der Waals surface area contributed by atoms with Crippen molar-refractivity contribution in [2.45, 2.75) is 14.7 Å². The lowest BCUT2D eigenvalue weighted by molar-refractivity contribution is -0.432. The number of aliphatic imine (C=N–C) groups is 1. The molecule has 40 heavy (non-hydrogen) atoms. The second-order valence-corrected chi connectivity index (χ2v) is 12.8. The molecule has 3 aromatic carbocycles. The molecular weight excluding hydrogens is 620 g/mol. The van der Waals surface area contributed by atoms with E-state index in [0.29, 0.717) is 12.0 Å². The number of phenolic OH excluding ortho intramolecular Hbond substituents is 1. The second kappa shape index (κ2) is 12.1. The molecule has 0 saturated heterocycles. The summed E-state index contributed by atoms with van der Waals surface area (Å²) in [4.78, 5) is 2.38. The minimum Gasteiger partial charge on any atom is -0.505 e. The number of hydrogen-bond acceptors (Lipinski definition) is 16. The highest BCUT2D eigenvalue weighted by Gasteiger charge is 2.25. The van der Waals surface area contributed by atoms with Crippen molar-refractivity contribution >= 4 is 82.6 Å². The Kier molecular flexibility index (Phi) is 9.46. The lowest BCUT2D eigenvalue weighted by Crippen LogP contribution is -2.15. The van der Waals surface area contributed by atoms with E-state index >= 15 is 0 Å². The van der Waals surface area contributed by atoms with E-state index in [1.54, 1.807) is 0 Å². The first-order valence-corrected chi connectivity index (χ1v) is 15.4. The number of nitrogens with two attached hydrogens (primary N) is 1. The van der Waals surface area contributed by atoms with E-state index < -0.39 is 64.7 Å². The summed E-state index contributed by atoms with van der Waals surface area (Å²) in [5.41, 5.74) is 4.74. The Bertz CT molecular complexity index is 1830. The Morgan fingerprint density at radius 2 is 1.70 bits per heavy atom. The first kappa shape index (κ1) is 31.3. The summed E-state index contributed by atoms with van der Waals surface area (Å²) in [6, 6.07) is 7.01. The van der Waals surface area contributed by atoms with E-state index in [9.17, 15) is 34.9 Å². The van der Waals surface area contributed by atoms with Crippen molar-refractivity contribution in [1.82, 2.24) is 0 Å². The third-order valence-electron chi connectivity index (χ3n) is 4.93. The van der Waals surface area contributed by atoms with Crippen molar-refractivity contribution in [3.8, 4) is 5.75 Å². The van der Waals surface area contributed by atoms with Gasteiger partial charge < -0.3 is 10.8 Å². The van der Waals surface area contributed by atoms with E-state index in [1.165, 1.54) is 24.3 Å². The average molecular weight is 639 g/mol. The van der Waals surface area contributed by atoms with Crippen molar-refractivity contribution in [3.63, 3.8) is 0 Å². The fourth-order valence-electron chi connectivity index (χ4n) is 3.30. The molecule has 0 spiro atoms. The maximum atomic E-state index is 12.5. The van der Waals surface area contributed by atoms with Gasteiger partial charge in [0, 0.05) is 0 Å². The van der Waals surface area contributed by atoms with E-state index in [0.717, 1.165) is 12.1 Å². The third-order valence-corrected chi connectivity index (χ3v) is 8.56. The van der Waals surface area contributed by atoms with Gasteiger partial charge in [0.25, 0.3) is 10.1 Å². The number of benzene rings is 3. The Balaban J connectivity index is 2.12. The van der Waals surface area contributed by atoms with Crippen LogP contribution in [0.5, 0.6) is 5.75 Å². The molecule has 0 heterocycles. The number of phenols is 1. The van der Waals surface area contributed by atoms with Crippen LogP contribution in [0.4, 0.5) is 22.7 Å². The largest absolute Gasteiger partial charge is 0.505 e. The van der Waals surface area contributed by atoms with Crippen LogP contribution in [0.2, 0.25) is 0 Å². The van der Waals surface area contributed by atoms with Crippen LogP contribution in [0, 0.1) is 0 Å². The van der Waals surface area contributed by atoms with Crippen LogP contribution in [0.3, 0.4) is 0 Å². The maximum Gasteiger partial charge on any atom is 0.397 e. The zero-order valence-corrected chi connectivity index (χ0v) is 22.9. The number of nitrogen functional groups attached to an aromatic ring is 1. The summed E-state index contributed by atoms with van der Waals surface area (Å²) in [7, 11) is -13.8. The molecule has 0 fully saturated rings. The summed E-state index contributed by atoms with van der Waals surface area (Å²) >= 11 is 0.305. The van der Waals surface area contributed by atoms with Crippen LogP contribution < -0.4 is 5.73 Å². The van der Waals surface area contributed by atoms with Crippen LogP contribution in [-0.4, -0.2) is 63.8 Å². The predicted molar refractivity (Wildman–Crippen MR) is 140 cm³/mol. The third kappa shape index (κ3) is 7.28. The highest BCUT2D eigenvalue weighted by molar-refractivity contribution is 7.94. The zero-order valence-electron chi connectivity index (χ0n) is 19.6. The van der Waals surface area contributed by atoms with Gasteiger partial charge in [-0.3, -0.25) is 14.1 Å². The highest BCUT2D eigenvalue weighted by Crippen LogP contribution is 2.49. The van der Waals surface area contributed by atoms with Gasteiger partial charge in [-0.1, -0.05) is 11.1 Å². The van der Waals surface area contributed by atoms with Gasteiger partial charge in [-0.2, -0.15) is 21.9 Å². The second-order valence-electron chi connectivity index (χ2n) is 7.43. The number of anilines is 1. The van der Waals surface area contributed by atoms with Crippen LogP contribution in [0.25, 0.3) is 10.8 Å². The standard InChI is InChI=1S/C19H18N4O13S4/c1-21-18-14(39(28,29)30)8-10-7-13(37-36-35-25)17(19(24)15(10)16(18)20)23-22-11-3-2-4-12(9-11)38(26,27)6-5-34-40(31,32)33/h2-4,7-9,24-25H,1,5-6,20H2,(H,28,29,30)(H,31,32,33). The molecule has 216 valence electrons. The molecule has 0 unspecified atom stereocenters. The monoisotopic (exact) mass is 638 g/mol. The fraction of sp³-hybridized carbons (Fsp3) is 0.105. The molecule has 0 radical (unpaired) electrons. The van der Waals surface area contributed by atoms with Gasteiger partial charge in [0.15, 0.2) is 15.6 Å². The number of aromatic hydroxyl groups is 1. The first-order valence-electron chi connectivity index (χ1n) is 10.2. The topological polar surface area (TPSA) is 274 Å². The fourth-order valence-corrected chi connectivity index (χ4v) is 6.01. The van der Waals surface area contributed by atoms with Gasteiger partial charge in [0.05, 0.1) is 51.0 Å². The molecule has 0 aliphatic carbocycles. The van der Waals surface area contributed by atoms with Crippen molar-refractivity contribution in [2.75, 3.05) is 18.1 Å². The molecule has 17 nitrogen and oxygen atoms in total. The molecule has 3 aromatic rings. The van der Waals surface area contributed by atoms with Crippen LogP contribution in [0.15, 0.2) is 66.3 Å². The molecule has 6 N–H and O–H groups in total. The normalized spacial score (nSPS) is 12.8. The minimum atomic E-state index is -4.84. The molecule has 0 saturated carbocycles. The lowest BCUT2D eigenvalue weighted by Gasteiger charge is -2.14. The van der Waals surface area contributed by atoms with Crippen LogP contribution in [-0.2, 0) is 43.9 Å². The van der Waals surface area contributed by atoms with Crippen molar-refractivity contribution in [1.29, 1.82) is 0 Å². The van der Waals surface area contributed by atoms with E-state index in [1.807, 2.05) is 0 Å². The quantitative estimate of drug-likeness (QED) is 0.0362. The van der Waals surface area contributed by atoms with Gasteiger partial charge in [-0.15, -0.1) is 9.45 Å². The molecule has 0 aliphatic rings. The molecular formula is C19H18N4O13S4. The summed E-state index contributed by atoms with van der Waals surface area (Å²) in [5.74, 6) is -1.48. The van der Waals surface area contributed by atoms with Gasteiger partial charge in [0.1, 0.15) is 16.3 Å². The van der Waals surface area contributed by atoms with Crippen LogP contribution in [0.1, 0.15) is 0 Å². The number of sulfone groups is 1.